The van der Waals surface area contributed by atoms with Crippen molar-refractivity contribution in [1.29, 1.82) is 0 Å². The van der Waals surface area contributed by atoms with Crippen molar-refractivity contribution in [2.75, 3.05) is 11.4 Å². The lowest BCUT2D eigenvalue weighted by Gasteiger charge is -2.24. The summed E-state index contributed by atoms with van der Waals surface area (Å²) in [5, 5.41) is 0. The van der Waals surface area contributed by atoms with Crippen molar-refractivity contribution in [2.24, 2.45) is 5.73 Å². The molecule has 0 saturated heterocycles. The van der Waals surface area contributed by atoms with Crippen LogP contribution in [0.2, 0.25) is 0 Å². The van der Waals surface area contributed by atoms with Gasteiger partial charge >= 0.3 is 0 Å². The van der Waals surface area contributed by atoms with Gasteiger partial charge in [-0.3, -0.25) is 4.98 Å². The van der Waals surface area contributed by atoms with Crippen LogP contribution < -0.4 is 10.6 Å². The molecule has 2 aromatic heterocycles. The van der Waals surface area contributed by atoms with Crippen molar-refractivity contribution in [1.82, 2.24) is 9.97 Å². The van der Waals surface area contributed by atoms with Crippen LogP contribution >= 0.6 is 12.2 Å². The molecule has 2 N–H and O–H groups in total. The third kappa shape index (κ3) is 3.55. The summed E-state index contributed by atoms with van der Waals surface area (Å²) in [4.78, 5) is 11.6. The molecule has 0 aromatic carbocycles. The summed E-state index contributed by atoms with van der Waals surface area (Å²) in [6.07, 6.45) is 1.79. The summed E-state index contributed by atoms with van der Waals surface area (Å²) < 4.78 is 0. The molecular weight excluding hydrogens is 280 g/mol. The van der Waals surface area contributed by atoms with Gasteiger partial charge in [-0.15, -0.1) is 0 Å². The fourth-order valence-corrected chi connectivity index (χ4v) is 2.56. The van der Waals surface area contributed by atoms with Crippen LogP contribution in [0.4, 0.5) is 5.82 Å². The zero-order valence-electron chi connectivity index (χ0n) is 12.6. The summed E-state index contributed by atoms with van der Waals surface area (Å²) in [5.74, 6) is 0.827. The average molecular weight is 300 g/mol. The quantitative estimate of drug-likeness (QED) is 0.861. The monoisotopic (exact) mass is 300 g/mol. The number of aryl methyl sites for hydroxylation is 2. The van der Waals surface area contributed by atoms with Gasteiger partial charge in [0.25, 0.3) is 0 Å². The van der Waals surface area contributed by atoms with E-state index in [9.17, 15) is 0 Å². The highest BCUT2D eigenvalue weighted by atomic mass is 32.1. The molecule has 0 spiro atoms. The SMILES string of the molecule is CCN(Cc1cccc(C)n1)c1nccc(C)c1C(N)=S. The first kappa shape index (κ1) is 15.4. The highest BCUT2D eigenvalue weighted by molar-refractivity contribution is 7.80. The molecule has 0 fully saturated rings. The Labute approximate surface area is 131 Å². The number of nitrogens with zero attached hydrogens (tertiary/aromatic N) is 3. The number of anilines is 1. The van der Waals surface area contributed by atoms with Crippen LogP contribution in [-0.2, 0) is 6.54 Å². The summed E-state index contributed by atoms with van der Waals surface area (Å²) >= 11 is 5.19. The van der Waals surface area contributed by atoms with Gasteiger partial charge in [0, 0.05) is 18.4 Å². The normalized spacial score (nSPS) is 10.4. The Balaban J connectivity index is 2.38. The van der Waals surface area contributed by atoms with Gasteiger partial charge < -0.3 is 10.6 Å². The van der Waals surface area contributed by atoms with Crippen LogP contribution in [0.5, 0.6) is 0 Å². The predicted octanol–water partition coefficient (Wildman–Crippen LogP) is 2.75. The van der Waals surface area contributed by atoms with Crippen molar-refractivity contribution in [3.05, 3.63) is 53.0 Å². The van der Waals surface area contributed by atoms with Crippen LogP contribution in [0.25, 0.3) is 0 Å². The minimum absolute atomic E-state index is 0.381. The Kier molecular flexibility index (Phi) is 4.85. The third-order valence-corrected chi connectivity index (χ3v) is 3.57. The van der Waals surface area contributed by atoms with Gasteiger partial charge in [0.2, 0.25) is 0 Å². The number of hydrogen-bond acceptors (Lipinski definition) is 4. The predicted molar refractivity (Wildman–Crippen MR) is 90.6 cm³/mol. The van der Waals surface area contributed by atoms with Gasteiger partial charge in [-0.2, -0.15) is 0 Å². The topological polar surface area (TPSA) is 55.0 Å². The molecule has 2 rings (SSSR count). The van der Waals surface area contributed by atoms with E-state index in [4.69, 9.17) is 18.0 Å². The lowest BCUT2D eigenvalue weighted by atomic mass is 10.1. The van der Waals surface area contributed by atoms with Crippen molar-refractivity contribution >= 4 is 23.0 Å². The number of nitrogens with two attached hydrogens (primary N) is 1. The van der Waals surface area contributed by atoms with Crippen LogP contribution in [0.3, 0.4) is 0 Å². The van der Waals surface area contributed by atoms with Crippen LogP contribution in [-0.4, -0.2) is 21.5 Å². The molecule has 0 bridgehead atoms. The standard InChI is InChI=1S/C16H20N4S/c1-4-20(10-13-7-5-6-12(3)19-13)16-14(15(17)21)11(2)8-9-18-16/h5-9H,4,10H2,1-3H3,(H2,17,21). The maximum absolute atomic E-state index is 5.87. The van der Waals surface area contributed by atoms with Crippen LogP contribution in [0.15, 0.2) is 30.5 Å². The zero-order chi connectivity index (χ0) is 15.4. The molecule has 110 valence electrons. The molecular formula is C16H20N4S. The summed E-state index contributed by atoms with van der Waals surface area (Å²) in [5.41, 5.74) is 9.79. The summed E-state index contributed by atoms with van der Waals surface area (Å²) in [6, 6.07) is 7.96. The Hall–Kier alpha value is -2.01. The third-order valence-electron chi connectivity index (χ3n) is 3.37. The maximum Gasteiger partial charge on any atom is 0.139 e. The van der Waals surface area contributed by atoms with Crippen LogP contribution in [0.1, 0.15) is 29.4 Å². The van der Waals surface area contributed by atoms with E-state index in [1.165, 1.54) is 0 Å². The lowest BCUT2D eigenvalue weighted by molar-refractivity contribution is 0.789. The highest BCUT2D eigenvalue weighted by Gasteiger charge is 2.16. The molecule has 0 aliphatic rings. The Morgan fingerprint density at radius 1 is 1.29 bits per heavy atom. The van der Waals surface area contributed by atoms with Crippen molar-refractivity contribution in [3.63, 3.8) is 0 Å². The van der Waals surface area contributed by atoms with Gasteiger partial charge in [0.05, 0.1) is 17.8 Å². The first-order valence-corrected chi connectivity index (χ1v) is 7.36. The van der Waals surface area contributed by atoms with Crippen LogP contribution in [0, 0.1) is 13.8 Å². The number of pyridine rings is 2. The van der Waals surface area contributed by atoms with E-state index in [1.54, 1.807) is 6.20 Å². The number of thiocarbonyl (C=S) groups is 1. The molecule has 5 heteroatoms. The second-order valence-electron chi connectivity index (χ2n) is 4.98. The van der Waals surface area contributed by atoms with E-state index in [2.05, 4.69) is 21.8 Å². The van der Waals surface area contributed by atoms with Crippen molar-refractivity contribution in [3.8, 4) is 0 Å². The second kappa shape index (κ2) is 6.63. The first-order valence-electron chi connectivity index (χ1n) is 6.95. The van der Waals surface area contributed by atoms with Crippen molar-refractivity contribution in [2.45, 2.75) is 27.3 Å². The molecule has 2 aromatic rings. The number of hydrogen-bond donors (Lipinski definition) is 1. The first-order chi connectivity index (χ1) is 10.0. The van der Waals surface area contributed by atoms with Gasteiger partial charge in [-0.25, -0.2) is 4.98 Å². The zero-order valence-corrected chi connectivity index (χ0v) is 13.4. The van der Waals surface area contributed by atoms with Gasteiger partial charge in [-0.1, -0.05) is 18.3 Å². The smallest absolute Gasteiger partial charge is 0.139 e. The largest absolute Gasteiger partial charge is 0.389 e. The van der Waals surface area contributed by atoms with E-state index in [-0.39, 0.29) is 0 Å². The maximum atomic E-state index is 5.87. The number of rotatable bonds is 5. The second-order valence-corrected chi connectivity index (χ2v) is 5.42. The summed E-state index contributed by atoms with van der Waals surface area (Å²) in [7, 11) is 0. The highest BCUT2D eigenvalue weighted by Crippen LogP contribution is 2.22. The molecule has 0 atom stereocenters. The Morgan fingerprint density at radius 3 is 2.67 bits per heavy atom. The molecule has 0 amide bonds. The van der Waals surface area contributed by atoms with E-state index in [1.807, 2.05) is 38.1 Å². The summed E-state index contributed by atoms with van der Waals surface area (Å²) in [6.45, 7) is 7.57. The molecule has 0 saturated carbocycles. The Bertz CT molecular complexity index is 654. The number of aromatic nitrogens is 2. The fourth-order valence-electron chi connectivity index (χ4n) is 2.31. The molecule has 0 aliphatic heterocycles. The van der Waals surface area contributed by atoms with E-state index in [0.29, 0.717) is 11.5 Å². The van der Waals surface area contributed by atoms with E-state index in [0.717, 1.165) is 34.9 Å². The minimum Gasteiger partial charge on any atom is -0.389 e. The fraction of sp³-hybridized carbons (Fsp3) is 0.312. The molecule has 0 aliphatic carbocycles. The average Bonchev–Trinajstić information content (AvgIpc) is 2.44. The van der Waals surface area contributed by atoms with Gasteiger partial charge in [-0.05, 0) is 44.5 Å². The van der Waals surface area contributed by atoms with E-state index < -0.39 is 0 Å². The van der Waals surface area contributed by atoms with Gasteiger partial charge in [0.15, 0.2) is 0 Å². The van der Waals surface area contributed by atoms with Crippen molar-refractivity contribution < 1.29 is 0 Å². The molecule has 2 heterocycles. The molecule has 0 unspecified atom stereocenters. The Morgan fingerprint density at radius 2 is 2.05 bits per heavy atom. The lowest BCUT2D eigenvalue weighted by Crippen LogP contribution is -2.27. The van der Waals surface area contributed by atoms with E-state index >= 15 is 0 Å². The molecule has 4 nitrogen and oxygen atoms in total. The van der Waals surface area contributed by atoms with Gasteiger partial charge in [0.1, 0.15) is 10.8 Å². The molecule has 0 radical (unpaired) electrons. The molecule has 21 heavy (non-hydrogen) atoms. The minimum atomic E-state index is 0.381.